The van der Waals surface area contributed by atoms with E-state index >= 15 is 0 Å². The molecule has 1 aromatic rings. The summed E-state index contributed by atoms with van der Waals surface area (Å²) in [5.74, 6) is 1.44. The number of pyridine rings is 1. The van der Waals surface area contributed by atoms with Crippen molar-refractivity contribution in [1.29, 1.82) is 0 Å². The predicted octanol–water partition coefficient (Wildman–Crippen LogP) is 1.01. The summed E-state index contributed by atoms with van der Waals surface area (Å²) in [6.45, 7) is 3.12. The third-order valence-electron chi connectivity index (χ3n) is 3.29. The lowest BCUT2D eigenvalue weighted by Gasteiger charge is -2.32. The van der Waals surface area contributed by atoms with Crippen molar-refractivity contribution in [3.05, 3.63) is 23.9 Å². The molecular weight excluding hydrogens is 214 g/mol. The Morgan fingerprint density at radius 2 is 2.41 bits per heavy atom. The van der Waals surface area contributed by atoms with Crippen LogP contribution < -0.4 is 10.2 Å². The number of aliphatic hydroxyl groups excluding tert-OH is 1. The van der Waals surface area contributed by atoms with E-state index in [9.17, 15) is 5.11 Å². The molecule has 4 heteroatoms. The minimum Gasteiger partial charge on any atom is -0.396 e. The number of piperidine rings is 1. The highest BCUT2D eigenvalue weighted by atomic mass is 16.3. The molecule has 17 heavy (non-hydrogen) atoms. The van der Waals surface area contributed by atoms with Gasteiger partial charge in [0.25, 0.3) is 0 Å². The van der Waals surface area contributed by atoms with Crippen molar-refractivity contribution < 1.29 is 5.11 Å². The number of aromatic nitrogens is 1. The van der Waals surface area contributed by atoms with Crippen LogP contribution in [0.3, 0.4) is 0 Å². The average molecular weight is 235 g/mol. The molecule has 1 aliphatic rings. The molecule has 0 aliphatic carbocycles. The van der Waals surface area contributed by atoms with Crippen LogP contribution in [0.1, 0.15) is 18.4 Å². The lowest BCUT2D eigenvalue weighted by atomic mass is 9.99. The Hall–Kier alpha value is -1.13. The Kier molecular flexibility index (Phi) is 4.34. The van der Waals surface area contributed by atoms with Crippen LogP contribution in [0.15, 0.2) is 18.3 Å². The van der Waals surface area contributed by atoms with Crippen LogP contribution in [0.5, 0.6) is 0 Å². The summed E-state index contributed by atoms with van der Waals surface area (Å²) in [6.07, 6.45) is 4.20. The zero-order valence-electron chi connectivity index (χ0n) is 10.4. The molecule has 1 fully saturated rings. The molecule has 4 nitrogen and oxygen atoms in total. The number of hydrogen-bond donors (Lipinski definition) is 2. The lowest BCUT2D eigenvalue weighted by Crippen LogP contribution is -2.37. The van der Waals surface area contributed by atoms with Gasteiger partial charge in [-0.1, -0.05) is 6.07 Å². The third kappa shape index (κ3) is 3.17. The maximum Gasteiger partial charge on any atom is 0.128 e. The van der Waals surface area contributed by atoms with E-state index in [4.69, 9.17) is 0 Å². The lowest BCUT2D eigenvalue weighted by molar-refractivity contribution is 0.208. The Morgan fingerprint density at radius 1 is 1.53 bits per heavy atom. The monoisotopic (exact) mass is 235 g/mol. The summed E-state index contributed by atoms with van der Waals surface area (Å²) in [6, 6.07) is 4.19. The first kappa shape index (κ1) is 12.3. The van der Waals surface area contributed by atoms with Gasteiger partial charge in [-0.3, -0.25) is 0 Å². The van der Waals surface area contributed by atoms with E-state index in [-0.39, 0.29) is 6.61 Å². The zero-order chi connectivity index (χ0) is 12.1. The molecule has 1 atom stereocenters. The van der Waals surface area contributed by atoms with Crippen LogP contribution in [0.2, 0.25) is 0 Å². The van der Waals surface area contributed by atoms with Gasteiger partial charge in [-0.25, -0.2) is 4.98 Å². The van der Waals surface area contributed by atoms with E-state index in [0.717, 1.165) is 38.3 Å². The Labute approximate surface area is 103 Å². The zero-order valence-corrected chi connectivity index (χ0v) is 10.4. The van der Waals surface area contributed by atoms with Crippen molar-refractivity contribution in [3.63, 3.8) is 0 Å². The Morgan fingerprint density at radius 3 is 3.06 bits per heavy atom. The molecule has 1 unspecified atom stereocenters. The van der Waals surface area contributed by atoms with Crippen LogP contribution >= 0.6 is 0 Å². The molecule has 0 aromatic carbocycles. The predicted molar refractivity (Wildman–Crippen MR) is 69.0 cm³/mol. The number of aliphatic hydroxyl groups is 1. The van der Waals surface area contributed by atoms with E-state index < -0.39 is 0 Å². The van der Waals surface area contributed by atoms with Crippen molar-refractivity contribution in [2.75, 3.05) is 31.6 Å². The maximum atomic E-state index is 9.21. The van der Waals surface area contributed by atoms with Crippen molar-refractivity contribution >= 4 is 5.82 Å². The van der Waals surface area contributed by atoms with E-state index in [1.807, 2.05) is 13.2 Å². The topological polar surface area (TPSA) is 48.4 Å². The van der Waals surface area contributed by atoms with E-state index in [0.29, 0.717) is 5.92 Å². The number of anilines is 1. The van der Waals surface area contributed by atoms with Gasteiger partial charge in [0.2, 0.25) is 0 Å². The molecule has 0 radical (unpaired) electrons. The number of rotatable bonds is 4. The fourth-order valence-electron chi connectivity index (χ4n) is 2.33. The smallest absolute Gasteiger partial charge is 0.128 e. The third-order valence-corrected chi connectivity index (χ3v) is 3.29. The van der Waals surface area contributed by atoms with Crippen molar-refractivity contribution in [2.45, 2.75) is 19.4 Å². The fraction of sp³-hybridized carbons (Fsp3) is 0.615. The minimum absolute atomic E-state index is 0.286. The first-order chi connectivity index (χ1) is 8.33. The normalized spacial score (nSPS) is 20.6. The van der Waals surface area contributed by atoms with Crippen molar-refractivity contribution in [1.82, 2.24) is 10.3 Å². The van der Waals surface area contributed by atoms with E-state index in [2.05, 4.69) is 27.3 Å². The van der Waals surface area contributed by atoms with Gasteiger partial charge in [0, 0.05) is 32.4 Å². The van der Waals surface area contributed by atoms with Gasteiger partial charge in [0.15, 0.2) is 0 Å². The largest absolute Gasteiger partial charge is 0.396 e. The second-order valence-corrected chi connectivity index (χ2v) is 4.69. The quantitative estimate of drug-likeness (QED) is 0.817. The number of nitrogens with zero attached hydrogens (tertiary/aromatic N) is 2. The Balaban J connectivity index is 2.01. The average Bonchev–Trinajstić information content (AvgIpc) is 2.40. The molecule has 2 heterocycles. The van der Waals surface area contributed by atoms with Gasteiger partial charge in [-0.05, 0) is 37.4 Å². The van der Waals surface area contributed by atoms with Gasteiger partial charge in [0.1, 0.15) is 5.82 Å². The SMILES string of the molecule is CNCc1ccc(N2CCCC(CO)C2)nc1. The molecule has 1 saturated heterocycles. The molecule has 2 rings (SSSR count). The second kappa shape index (κ2) is 5.98. The molecule has 0 amide bonds. The summed E-state index contributed by atoms with van der Waals surface area (Å²) in [7, 11) is 1.93. The molecule has 0 spiro atoms. The first-order valence-electron chi connectivity index (χ1n) is 6.29. The highest BCUT2D eigenvalue weighted by Gasteiger charge is 2.19. The Bertz CT molecular complexity index is 339. The maximum absolute atomic E-state index is 9.21. The second-order valence-electron chi connectivity index (χ2n) is 4.69. The van der Waals surface area contributed by atoms with Crippen LogP contribution in [0, 0.1) is 5.92 Å². The molecule has 94 valence electrons. The standard InChI is InChI=1S/C13H21N3O/c1-14-7-11-4-5-13(15-8-11)16-6-2-3-12(9-16)10-17/h4-5,8,12,14,17H,2-3,6-7,9-10H2,1H3. The molecule has 1 aromatic heterocycles. The highest BCUT2D eigenvalue weighted by Crippen LogP contribution is 2.21. The summed E-state index contributed by atoms with van der Waals surface area (Å²) in [4.78, 5) is 6.77. The highest BCUT2D eigenvalue weighted by molar-refractivity contribution is 5.39. The van der Waals surface area contributed by atoms with Gasteiger partial charge in [-0.15, -0.1) is 0 Å². The summed E-state index contributed by atoms with van der Waals surface area (Å²) in [5.41, 5.74) is 1.20. The number of hydrogen-bond acceptors (Lipinski definition) is 4. The summed E-state index contributed by atoms with van der Waals surface area (Å²) >= 11 is 0. The van der Waals surface area contributed by atoms with Crippen molar-refractivity contribution in [2.24, 2.45) is 5.92 Å². The molecule has 2 N–H and O–H groups in total. The van der Waals surface area contributed by atoms with Crippen molar-refractivity contribution in [3.8, 4) is 0 Å². The fourth-order valence-corrected chi connectivity index (χ4v) is 2.33. The minimum atomic E-state index is 0.286. The van der Waals surface area contributed by atoms with Gasteiger partial charge < -0.3 is 15.3 Å². The summed E-state index contributed by atoms with van der Waals surface area (Å²) in [5, 5.41) is 12.3. The first-order valence-corrected chi connectivity index (χ1v) is 6.29. The van der Waals surface area contributed by atoms with Gasteiger partial charge in [-0.2, -0.15) is 0 Å². The number of nitrogens with one attached hydrogen (secondary N) is 1. The molecular formula is C13H21N3O. The molecule has 0 saturated carbocycles. The van der Waals surface area contributed by atoms with Crippen LogP contribution in [0.25, 0.3) is 0 Å². The molecule has 1 aliphatic heterocycles. The molecule has 0 bridgehead atoms. The van der Waals surface area contributed by atoms with Crippen LogP contribution in [-0.2, 0) is 6.54 Å². The van der Waals surface area contributed by atoms with Crippen LogP contribution in [-0.4, -0.2) is 36.8 Å². The van der Waals surface area contributed by atoms with E-state index in [1.165, 1.54) is 5.56 Å². The van der Waals surface area contributed by atoms with Gasteiger partial charge in [0.05, 0.1) is 0 Å². The van der Waals surface area contributed by atoms with Gasteiger partial charge >= 0.3 is 0 Å². The summed E-state index contributed by atoms with van der Waals surface area (Å²) < 4.78 is 0. The van der Waals surface area contributed by atoms with Crippen LogP contribution in [0.4, 0.5) is 5.82 Å². The van der Waals surface area contributed by atoms with E-state index in [1.54, 1.807) is 0 Å².